The summed E-state index contributed by atoms with van der Waals surface area (Å²) in [5, 5.41) is 11.0. The van der Waals surface area contributed by atoms with E-state index in [2.05, 4.69) is 39.8 Å². The molecule has 0 fully saturated rings. The highest BCUT2D eigenvalue weighted by atomic mass is 16.5. The minimum atomic E-state index is -0.357. The number of benzene rings is 2. The van der Waals surface area contributed by atoms with Crippen molar-refractivity contribution in [2.24, 2.45) is 5.10 Å². The number of hydrazone groups is 1. The maximum absolute atomic E-state index is 12.3. The van der Waals surface area contributed by atoms with Crippen LogP contribution in [-0.4, -0.2) is 28.9 Å². The van der Waals surface area contributed by atoms with Gasteiger partial charge in [-0.05, 0) is 37.1 Å². The first kappa shape index (κ1) is 18.4. The van der Waals surface area contributed by atoms with Crippen LogP contribution in [0.1, 0.15) is 35.5 Å². The van der Waals surface area contributed by atoms with Gasteiger partial charge < -0.3 is 4.74 Å². The third-order valence-corrected chi connectivity index (χ3v) is 4.07. The highest BCUT2D eigenvalue weighted by molar-refractivity contribution is 5.94. The molecule has 1 heterocycles. The van der Waals surface area contributed by atoms with Crippen LogP contribution in [0.4, 0.5) is 0 Å². The fourth-order valence-electron chi connectivity index (χ4n) is 2.59. The van der Waals surface area contributed by atoms with Crippen molar-refractivity contribution in [1.82, 2.24) is 15.6 Å². The summed E-state index contributed by atoms with van der Waals surface area (Å²) in [6.07, 6.45) is 2.54. The van der Waals surface area contributed by atoms with E-state index in [4.69, 9.17) is 4.74 Å². The summed E-state index contributed by atoms with van der Waals surface area (Å²) in [7, 11) is 0. The standard InChI is InChI=1S/C21H22N4O2/c1-3-15-9-11-16(12-10-15)18-13-19(24-23-18)21(26)25-22-14-17-7-5-6-8-20(17)27-4-2/h5-14H,3-4H2,1-2H3,(H,23,24)(H,25,26)/b22-14+. The quantitative estimate of drug-likeness (QED) is 0.495. The molecule has 2 aromatic carbocycles. The second-order valence-electron chi connectivity index (χ2n) is 5.89. The number of aryl methyl sites for hydroxylation is 1. The fourth-order valence-corrected chi connectivity index (χ4v) is 2.59. The number of nitrogens with zero attached hydrogens (tertiary/aromatic N) is 2. The summed E-state index contributed by atoms with van der Waals surface area (Å²) in [4.78, 5) is 12.3. The number of hydrogen-bond donors (Lipinski definition) is 2. The number of aromatic nitrogens is 2. The van der Waals surface area contributed by atoms with Crippen molar-refractivity contribution < 1.29 is 9.53 Å². The molecule has 2 N–H and O–H groups in total. The van der Waals surface area contributed by atoms with Crippen LogP contribution in [0.25, 0.3) is 11.3 Å². The van der Waals surface area contributed by atoms with Gasteiger partial charge in [0.25, 0.3) is 5.91 Å². The Morgan fingerprint density at radius 3 is 2.70 bits per heavy atom. The van der Waals surface area contributed by atoms with Crippen LogP contribution in [0.15, 0.2) is 59.7 Å². The number of para-hydroxylation sites is 1. The summed E-state index contributed by atoms with van der Waals surface area (Å²) in [5.41, 5.74) is 6.57. The average molecular weight is 362 g/mol. The van der Waals surface area contributed by atoms with Gasteiger partial charge in [0.15, 0.2) is 0 Å². The molecule has 138 valence electrons. The van der Waals surface area contributed by atoms with Crippen molar-refractivity contribution in [2.75, 3.05) is 6.61 Å². The van der Waals surface area contributed by atoms with Crippen molar-refractivity contribution in [3.05, 3.63) is 71.4 Å². The van der Waals surface area contributed by atoms with Crippen LogP contribution < -0.4 is 10.2 Å². The largest absolute Gasteiger partial charge is 0.493 e. The first-order valence-corrected chi connectivity index (χ1v) is 8.91. The molecule has 6 nitrogen and oxygen atoms in total. The van der Waals surface area contributed by atoms with E-state index in [1.807, 2.05) is 43.3 Å². The van der Waals surface area contributed by atoms with Gasteiger partial charge in [-0.2, -0.15) is 10.2 Å². The monoisotopic (exact) mass is 362 g/mol. The maximum atomic E-state index is 12.3. The Kier molecular flexibility index (Phi) is 5.99. The van der Waals surface area contributed by atoms with E-state index in [1.54, 1.807) is 12.3 Å². The van der Waals surface area contributed by atoms with Crippen LogP contribution in [-0.2, 0) is 6.42 Å². The second-order valence-corrected chi connectivity index (χ2v) is 5.89. The lowest BCUT2D eigenvalue weighted by atomic mass is 10.1. The van der Waals surface area contributed by atoms with Gasteiger partial charge in [0, 0.05) is 11.1 Å². The second kappa shape index (κ2) is 8.80. The molecule has 3 aromatic rings. The van der Waals surface area contributed by atoms with Gasteiger partial charge in [0.2, 0.25) is 0 Å². The first-order chi connectivity index (χ1) is 13.2. The van der Waals surface area contributed by atoms with E-state index in [0.717, 1.165) is 23.3 Å². The van der Waals surface area contributed by atoms with E-state index >= 15 is 0 Å². The number of carbonyl (C=O) groups is 1. The number of ether oxygens (including phenoxy) is 1. The summed E-state index contributed by atoms with van der Waals surface area (Å²) in [5.74, 6) is 0.362. The highest BCUT2D eigenvalue weighted by Gasteiger charge is 2.10. The average Bonchev–Trinajstić information content (AvgIpc) is 3.20. The van der Waals surface area contributed by atoms with Gasteiger partial charge in [-0.15, -0.1) is 0 Å². The molecule has 0 aliphatic carbocycles. The molecule has 0 saturated carbocycles. The Balaban J connectivity index is 1.66. The molecular formula is C21H22N4O2. The Bertz CT molecular complexity index is 929. The molecule has 0 aliphatic rings. The predicted molar refractivity (Wildman–Crippen MR) is 106 cm³/mol. The molecule has 1 amide bonds. The van der Waals surface area contributed by atoms with Gasteiger partial charge >= 0.3 is 0 Å². The number of aromatic amines is 1. The topological polar surface area (TPSA) is 79.4 Å². The smallest absolute Gasteiger partial charge is 0.289 e. The van der Waals surface area contributed by atoms with E-state index in [-0.39, 0.29) is 5.91 Å². The first-order valence-electron chi connectivity index (χ1n) is 8.91. The molecule has 1 aromatic heterocycles. The molecular weight excluding hydrogens is 340 g/mol. The number of amides is 1. The van der Waals surface area contributed by atoms with Crippen LogP contribution in [0.3, 0.4) is 0 Å². The Hall–Kier alpha value is -3.41. The number of carbonyl (C=O) groups excluding carboxylic acids is 1. The third kappa shape index (κ3) is 4.61. The number of H-pyrrole nitrogens is 1. The van der Waals surface area contributed by atoms with Crippen LogP contribution in [0.2, 0.25) is 0 Å². The fraction of sp³-hybridized carbons (Fsp3) is 0.190. The summed E-state index contributed by atoms with van der Waals surface area (Å²) >= 11 is 0. The maximum Gasteiger partial charge on any atom is 0.289 e. The van der Waals surface area contributed by atoms with E-state index in [9.17, 15) is 4.79 Å². The van der Waals surface area contributed by atoms with Crippen molar-refractivity contribution in [3.63, 3.8) is 0 Å². The normalized spacial score (nSPS) is 10.9. The van der Waals surface area contributed by atoms with Gasteiger partial charge in [0.05, 0.1) is 18.5 Å². The molecule has 0 saturated heterocycles. The van der Waals surface area contributed by atoms with Gasteiger partial charge in [-0.25, -0.2) is 5.43 Å². The minimum absolute atomic E-state index is 0.347. The lowest BCUT2D eigenvalue weighted by Crippen LogP contribution is -2.18. The van der Waals surface area contributed by atoms with Crippen LogP contribution >= 0.6 is 0 Å². The Morgan fingerprint density at radius 1 is 1.19 bits per heavy atom. The van der Waals surface area contributed by atoms with E-state index in [0.29, 0.717) is 18.0 Å². The van der Waals surface area contributed by atoms with Gasteiger partial charge in [-0.1, -0.05) is 43.3 Å². The van der Waals surface area contributed by atoms with Crippen molar-refractivity contribution in [1.29, 1.82) is 0 Å². The molecule has 0 radical (unpaired) electrons. The molecule has 6 heteroatoms. The summed E-state index contributed by atoms with van der Waals surface area (Å²) < 4.78 is 5.53. The highest BCUT2D eigenvalue weighted by Crippen LogP contribution is 2.19. The zero-order valence-corrected chi connectivity index (χ0v) is 15.4. The van der Waals surface area contributed by atoms with Crippen LogP contribution in [0, 0.1) is 0 Å². The van der Waals surface area contributed by atoms with Crippen molar-refractivity contribution >= 4 is 12.1 Å². The minimum Gasteiger partial charge on any atom is -0.493 e. The molecule has 0 spiro atoms. The number of hydrogen-bond acceptors (Lipinski definition) is 4. The zero-order chi connectivity index (χ0) is 19.1. The Morgan fingerprint density at radius 2 is 1.96 bits per heavy atom. The van der Waals surface area contributed by atoms with E-state index < -0.39 is 0 Å². The molecule has 0 aliphatic heterocycles. The molecule has 0 atom stereocenters. The predicted octanol–water partition coefficient (Wildman–Crippen LogP) is 3.80. The summed E-state index contributed by atoms with van der Waals surface area (Å²) in [6.45, 7) is 4.59. The Labute approximate surface area is 158 Å². The molecule has 0 unspecified atom stereocenters. The molecule has 27 heavy (non-hydrogen) atoms. The SMILES string of the molecule is CCOc1ccccc1/C=N/NC(=O)c1cc(-c2ccc(CC)cc2)n[nH]1. The number of rotatable bonds is 7. The third-order valence-electron chi connectivity index (χ3n) is 4.07. The lowest BCUT2D eigenvalue weighted by Gasteiger charge is -2.05. The van der Waals surface area contributed by atoms with Gasteiger partial charge in [0.1, 0.15) is 11.4 Å². The zero-order valence-electron chi connectivity index (χ0n) is 15.4. The molecule has 3 rings (SSSR count). The van der Waals surface area contributed by atoms with Crippen molar-refractivity contribution in [3.8, 4) is 17.0 Å². The van der Waals surface area contributed by atoms with Gasteiger partial charge in [-0.3, -0.25) is 9.89 Å². The summed E-state index contributed by atoms with van der Waals surface area (Å²) in [6, 6.07) is 17.3. The van der Waals surface area contributed by atoms with Crippen LogP contribution in [0.5, 0.6) is 5.75 Å². The lowest BCUT2D eigenvalue weighted by molar-refractivity contribution is 0.0950. The van der Waals surface area contributed by atoms with Crippen molar-refractivity contribution in [2.45, 2.75) is 20.3 Å². The van der Waals surface area contributed by atoms with E-state index in [1.165, 1.54) is 5.56 Å². The number of nitrogens with one attached hydrogen (secondary N) is 2. The molecule has 0 bridgehead atoms.